The number of hydrogen-bond donors (Lipinski definition) is 1. The summed E-state index contributed by atoms with van der Waals surface area (Å²) in [4.78, 5) is 0. The smallest absolute Gasteiger partial charge is 0.162 e. The van der Waals surface area contributed by atoms with E-state index in [4.69, 9.17) is 9.63 Å². The number of aliphatic hydroxyl groups excluding tert-OH is 1. The Morgan fingerprint density at radius 1 is 1.64 bits per heavy atom. The quantitative estimate of drug-likeness (QED) is 0.699. The zero-order chi connectivity index (χ0) is 7.68. The van der Waals surface area contributed by atoms with E-state index < -0.39 is 0 Å². The van der Waals surface area contributed by atoms with Gasteiger partial charge in [0.05, 0.1) is 5.69 Å². The van der Waals surface area contributed by atoms with Gasteiger partial charge in [0.1, 0.15) is 6.61 Å². The van der Waals surface area contributed by atoms with E-state index >= 15 is 0 Å². The van der Waals surface area contributed by atoms with Gasteiger partial charge in [-0.1, -0.05) is 11.6 Å². The first kappa shape index (κ1) is 6.85. The minimum absolute atomic E-state index is 0.0419. The Morgan fingerprint density at radius 3 is 2.91 bits per heavy atom. The molecule has 1 heterocycles. The molecule has 1 aliphatic carbocycles. The fraction of sp³-hybridized carbons (Fsp3) is 0.625. The summed E-state index contributed by atoms with van der Waals surface area (Å²) < 4.78 is 4.87. The number of aliphatic hydroxyl groups is 1. The molecule has 1 aromatic rings. The average Bonchev–Trinajstić information content (AvgIpc) is 2.32. The number of rotatable bonds is 2. The Bertz CT molecular complexity index is 240. The Balaban J connectivity index is 2.11. The van der Waals surface area contributed by atoms with E-state index in [9.17, 15) is 0 Å². The normalized spacial score (nSPS) is 18.3. The van der Waals surface area contributed by atoms with Crippen molar-refractivity contribution < 1.29 is 9.63 Å². The largest absolute Gasteiger partial charge is 0.388 e. The van der Waals surface area contributed by atoms with E-state index in [1.807, 2.05) is 6.07 Å². The molecule has 0 spiro atoms. The van der Waals surface area contributed by atoms with Gasteiger partial charge in [-0.3, -0.25) is 0 Å². The summed E-state index contributed by atoms with van der Waals surface area (Å²) in [5, 5.41) is 12.6. The van der Waals surface area contributed by atoms with Crippen LogP contribution in [0, 0.1) is 0 Å². The molecule has 1 fully saturated rings. The summed E-state index contributed by atoms with van der Waals surface area (Å²) in [5.41, 5.74) is 1.01. The minimum atomic E-state index is -0.0419. The van der Waals surface area contributed by atoms with Gasteiger partial charge in [0.25, 0.3) is 0 Å². The van der Waals surface area contributed by atoms with Crippen molar-refractivity contribution in [1.82, 2.24) is 5.16 Å². The highest BCUT2D eigenvalue weighted by Gasteiger charge is 2.22. The fourth-order valence-corrected chi connectivity index (χ4v) is 1.30. The van der Waals surface area contributed by atoms with Crippen LogP contribution < -0.4 is 0 Å². The maximum atomic E-state index is 8.69. The Kier molecular flexibility index (Phi) is 1.66. The number of aromatic nitrogens is 1. The van der Waals surface area contributed by atoms with E-state index in [0.717, 1.165) is 5.69 Å². The summed E-state index contributed by atoms with van der Waals surface area (Å²) in [5.74, 6) is 1.17. The molecule has 1 saturated carbocycles. The van der Waals surface area contributed by atoms with Crippen LogP contribution in [0.3, 0.4) is 0 Å². The third kappa shape index (κ3) is 1.16. The molecule has 1 N–H and O–H groups in total. The second-order valence-electron chi connectivity index (χ2n) is 3.00. The minimum Gasteiger partial charge on any atom is -0.388 e. The van der Waals surface area contributed by atoms with E-state index in [1.165, 1.54) is 19.3 Å². The molecule has 0 saturated heterocycles. The fourth-order valence-electron chi connectivity index (χ4n) is 1.30. The van der Waals surface area contributed by atoms with Gasteiger partial charge >= 0.3 is 0 Å². The van der Waals surface area contributed by atoms with Gasteiger partial charge in [-0.15, -0.1) is 0 Å². The lowest BCUT2D eigenvalue weighted by molar-refractivity contribution is 0.227. The zero-order valence-electron chi connectivity index (χ0n) is 6.29. The van der Waals surface area contributed by atoms with Gasteiger partial charge in [0, 0.05) is 12.0 Å². The molecular formula is C8H11NO2. The van der Waals surface area contributed by atoms with Crippen molar-refractivity contribution in [3.8, 4) is 0 Å². The maximum Gasteiger partial charge on any atom is 0.162 e. The van der Waals surface area contributed by atoms with Crippen LogP contribution in [0.1, 0.15) is 36.6 Å². The first-order valence-corrected chi connectivity index (χ1v) is 3.96. The third-order valence-corrected chi connectivity index (χ3v) is 2.26. The van der Waals surface area contributed by atoms with Crippen LogP contribution in [-0.4, -0.2) is 10.3 Å². The number of nitrogens with zero attached hydrogens (tertiary/aromatic N) is 1. The van der Waals surface area contributed by atoms with Gasteiger partial charge in [0.15, 0.2) is 5.76 Å². The van der Waals surface area contributed by atoms with Crippen molar-refractivity contribution in [2.45, 2.75) is 31.8 Å². The summed E-state index contributed by atoms with van der Waals surface area (Å²) in [6.45, 7) is -0.0419. The van der Waals surface area contributed by atoms with Crippen LogP contribution >= 0.6 is 0 Å². The van der Waals surface area contributed by atoms with Crippen LogP contribution in [0.4, 0.5) is 0 Å². The predicted molar refractivity (Wildman–Crippen MR) is 39.0 cm³/mol. The van der Waals surface area contributed by atoms with Gasteiger partial charge in [-0.2, -0.15) is 0 Å². The lowest BCUT2D eigenvalue weighted by Crippen LogP contribution is -2.08. The molecule has 0 amide bonds. The van der Waals surface area contributed by atoms with E-state index in [1.54, 1.807) is 0 Å². The van der Waals surface area contributed by atoms with Crippen LogP contribution in [-0.2, 0) is 6.61 Å². The predicted octanol–water partition coefficient (Wildman–Crippen LogP) is 1.43. The molecule has 3 heteroatoms. The Labute approximate surface area is 65.0 Å². The lowest BCUT2D eigenvalue weighted by Gasteiger charge is -2.22. The summed E-state index contributed by atoms with van der Waals surface area (Å²) >= 11 is 0. The molecule has 0 radical (unpaired) electrons. The summed E-state index contributed by atoms with van der Waals surface area (Å²) in [6, 6.07) is 1.85. The SMILES string of the molecule is OCc1cc(C2CCC2)no1. The average molecular weight is 153 g/mol. The molecule has 3 nitrogen and oxygen atoms in total. The topological polar surface area (TPSA) is 46.3 Å². The van der Waals surface area contributed by atoms with Crippen LogP contribution in [0.25, 0.3) is 0 Å². The van der Waals surface area contributed by atoms with Gasteiger partial charge < -0.3 is 9.63 Å². The van der Waals surface area contributed by atoms with Crippen molar-refractivity contribution in [1.29, 1.82) is 0 Å². The highest BCUT2D eigenvalue weighted by atomic mass is 16.5. The van der Waals surface area contributed by atoms with Crippen LogP contribution in [0.15, 0.2) is 10.6 Å². The van der Waals surface area contributed by atoms with Crippen molar-refractivity contribution in [3.63, 3.8) is 0 Å². The van der Waals surface area contributed by atoms with Crippen LogP contribution in [0.2, 0.25) is 0 Å². The summed E-state index contributed by atoms with van der Waals surface area (Å²) in [7, 11) is 0. The molecule has 0 aromatic carbocycles. The van der Waals surface area contributed by atoms with E-state index in [2.05, 4.69) is 5.16 Å². The first-order valence-electron chi connectivity index (χ1n) is 3.96. The molecule has 0 bridgehead atoms. The molecule has 1 aromatic heterocycles. The second kappa shape index (κ2) is 2.66. The lowest BCUT2D eigenvalue weighted by atomic mass is 9.83. The van der Waals surface area contributed by atoms with Gasteiger partial charge in [-0.05, 0) is 12.8 Å². The maximum absolute atomic E-state index is 8.69. The summed E-state index contributed by atoms with van der Waals surface area (Å²) in [6.07, 6.45) is 3.74. The van der Waals surface area contributed by atoms with Gasteiger partial charge in [0.2, 0.25) is 0 Å². The van der Waals surface area contributed by atoms with E-state index in [-0.39, 0.29) is 6.61 Å². The molecule has 11 heavy (non-hydrogen) atoms. The zero-order valence-corrected chi connectivity index (χ0v) is 6.29. The van der Waals surface area contributed by atoms with Gasteiger partial charge in [-0.25, -0.2) is 0 Å². The molecular weight excluding hydrogens is 142 g/mol. The Morgan fingerprint density at radius 2 is 2.45 bits per heavy atom. The second-order valence-corrected chi connectivity index (χ2v) is 3.00. The number of hydrogen-bond acceptors (Lipinski definition) is 3. The van der Waals surface area contributed by atoms with Crippen molar-refractivity contribution >= 4 is 0 Å². The standard InChI is InChI=1S/C8H11NO2/c10-5-7-4-8(9-11-7)6-2-1-3-6/h4,6,10H,1-3,5H2. The molecule has 2 rings (SSSR count). The van der Waals surface area contributed by atoms with Crippen molar-refractivity contribution in [3.05, 3.63) is 17.5 Å². The van der Waals surface area contributed by atoms with Crippen molar-refractivity contribution in [2.75, 3.05) is 0 Å². The Hall–Kier alpha value is -0.830. The molecule has 0 aliphatic heterocycles. The monoisotopic (exact) mass is 153 g/mol. The van der Waals surface area contributed by atoms with Crippen LogP contribution in [0.5, 0.6) is 0 Å². The molecule has 60 valence electrons. The van der Waals surface area contributed by atoms with Crippen molar-refractivity contribution in [2.24, 2.45) is 0 Å². The molecule has 0 atom stereocenters. The first-order chi connectivity index (χ1) is 5.40. The van der Waals surface area contributed by atoms with E-state index in [0.29, 0.717) is 11.7 Å². The highest BCUT2D eigenvalue weighted by Crippen LogP contribution is 2.35. The highest BCUT2D eigenvalue weighted by molar-refractivity contribution is 5.12. The molecule has 0 unspecified atom stereocenters. The third-order valence-electron chi connectivity index (χ3n) is 2.26. The molecule has 1 aliphatic rings.